The first-order chi connectivity index (χ1) is 19.6. The highest BCUT2D eigenvalue weighted by Gasteiger charge is 2.31. The molecule has 0 bridgehead atoms. The molecule has 17 heteroatoms. The molecule has 1 aromatic carbocycles. The van der Waals surface area contributed by atoms with Gasteiger partial charge in [-0.2, -0.15) is 0 Å². The summed E-state index contributed by atoms with van der Waals surface area (Å²) in [5.74, 6) is -2.25. The summed E-state index contributed by atoms with van der Waals surface area (Å²) in [4.78, 5) is 28.4. The van der Waals surface area contributed by atoms with Crippen LogP contribution < -0.4 is 15.4 Å². The molecule has 4 aromatic rings. The van der Waals surface area contributed by atoms with Crippen molar-refractivity contribution < 1.29 is 36.3 Å². The highest BCUT2D eigenvalue weighted by atomic mass is 19.4. The smallest absolute Gasteiger partial charge is 0.406 e. The zero-order valence-electron chi connectivity index (χ0n) is 21.1. The summed E-state index contributed by atoms with van der Waals surface area (Å²) in [5, 5.41) is 19.9. The average Bonchev–Trinajstić information content (AvgIpc) is 3.59. The molecule has 4 rings (SSSR count). The number of carbonyl (C=O) groups excluding carboxylic acids is 2. The predicted octanol–water partition coefficient (Wildman–Crippen LogP) is 2.59. The fraction of sp³-hybridized carbons (Fsp3) is 0.292. The average molecular weight is 579 g/mol. The normalized spacial score (nSPS) is 12.1. The van der Waals surface area contributed by atoms with Crippen LogP contribution >= 0.6 is 0 Å². The van der Waals surface area contributed by atoms with Crippen molar-refractivity contribution in [2.24, 2.45) is 0 Å². The van der Waals surface area contributed by atoms with E-state index in [9.17, 15) is 31.5 Å². The number of carbonyl (C=O) groups is 2. The maximum atomic E-state index is 14.5. The van der Waals surface area contributed by atoms with E-state index in [0.29, 0.717) is 5.56 Å². The lowest BCUT2D eigenvalue weighted by Crippen LogP contribution is -2.24. The Hall–Kier alpha value is -4.96. The Labute approximate surface area is 228 Å². The fourth-order valence-corrected chi connectivity index (χ4v) is 3.50. The lowest BCUT2D eigenvalue weighted by Gasteiger charge is -2.10. The summed E-state index contributed by atoms with van der Waals surface area (Å²) < 4.78 is 71.6. The molecule has 12 nitrogen and oxygen atoms in total. The predicted molar refractivity (Wildman–Crippen MR) is 129 cm³/mol. The molecule has 0 aliphatic carbocycles. The van der Waals surface area contributed by atoms with Crippen molar-refractivity contribution in [1.29, 1.82) is 0 Å². The third-order valence-electron chi connectivity index (χ3n) is 5.44. The van der Waals surface area contributed by atoms with Crippen LogP contribution in [0, 0.1) is 5.82 Å². The molecule has 0 saturated carbocycles. The zero-order valence-corrected chi connectivity index (χ0v) is 21.1. The second kappa shape index (κ2) is 12.9. The molecule has 2 amide bonds. The number of alkyl halides is 4. The largest absolute Gasteiger partial charge is 0.573 e. The first-order valence-corrected chi connectivity index (χ1v) is 12.0. The van der Waals surface area contributed by atoms with Gasteiger partial charge in [-0.05, 0) is 29.8 Å². The highest BCUT2D eigenvalue weighted by Crippen LogP contribution is 2.23. The molecule has 1 atom stereocenters. The van der Waals surface area contributed by atoms with Gasteiger partial charge in [0.2, 0.25) is 0 Å². The third-order valence-corrected chi connectivity index (χ3v) is 5.44. The van der Waals surface area contributed by atoms with Crippen molar-refractivity contribution in [3.63, 3.8) is 0 Å². The minimum Gasteiger partial charge on any atom is -0.406 e. The second-order valence-electron chi connectivity index (χ2n) is 8.57. The van der Waals surface area contributed by atoms with E-state index >= 15 is 0 Å². The summed E-state index contributed by atoms with van der Waals surface area (Å²) in [6.45, 7) is -0.401. The number of pyridine rings is 1. The molecule has 0 aliphatic heterocycles. The molecule has 0 spiro atoms. The molecule has 0 radical (unpaired) electrons. The number of hydrogen-bond acceptors (Lipinski definition) is 8. The van der Waals surface area contributed by atoms with Crippen molar-refractivity contribution in [1.82, 2.24) is 45.6 Å². The molecule has 1 unspecified atom stereocenters. The third kappa shape index (κ3) is 8.77. The van der Waals surface area contributed by atoms with Gasteiger partial charge in [0.1, 0.15) is 17.7 Å². The van der Waals surface area contributed by atoms with E-state index in [4.69, 9.17) is 0 Å². The van der Waals surface area contributed by atoms with Crippen molar-refractivity contribution in [2.75, 3.05) is 0 Å². The van der Waals surface area contributed by atoms with Gasteiger partial charge in [-0.15, -0.1) is 23.4 Å². The van der Waals surface area contributed by atoms with Crippen LogP contribution in [0.1, 0.15) is 38.7 Å². The number of nitrogens with zero attached hydrogens (tertiary/aromatic N) is 7. The van der Waals surface area contributed by atoms with Gasteiger partial charge in [0.25, 0.3) is 11.8 Å². The maximum Gasteiger partial charge on any atom is 0.573 e. The van der Waals surface area contributed by atoms with E-state index in [1.54, 1.807) is 0 Å². The molecular weight excluding hydrogens is 557 g/mol. The number of ether oxygens (including phenoxy) is 1. The summed E-state index contributed by atoms with van der Waals surface area (Å²) in [6.07, 6.45) is -2.34. The van der Waals surface area contributed by atoms with E-state index in [2.05, 4.69) is 41.0 Å². The Kier molecular flexibility index (Phi) is 9.15. The summed E-state index contributed by atoms with van der Waals surface area (Å²) >= 11 is 0. The first kappa shape index (κ1) is 29.0. The highest BCUT2D eigenvalue weighted by molar-refractivity contribution is 5.92. The molecule has 0 aliphatic rings. The number of halogens is 5. The van der Waals surface area contributed by atoms with Gasteiger partial charge in [-0.1, -0.05) is 22.6 Å². The van der Waals surface area contributed by atoms with Gasteiger partial charge in [-0.25, -0.2) is 13.5 Å². The molecule has 41 heavy (non-hydrogen) atoms. The van der Waals surface area contributed by atoms with Crippen LogP contribution in [0.5, 0.6) is 5.75 Å². The molecule has 2 N–H and O–H groups in total. The number of aryl methyl sites for hydroxylation is 1. The standard InChI is InChI=1S/C24H22F5N9O3/c25-16(12-38-14-21(34-36-38)23(40)32-11-19-18(26)5-2-7-30-19)6-8-37-13-20(33-35-37)22(39)31-10-15-3-1-4-17(9-15)41-24(27,28)29/h1-5,7,9,13-14,16H,6,8,10-12H2,(H,31,39)(H,32,40). The summed E-state index contributed by atoms with van der Waals surface area (Å²) in [6, 6.07) is 7.77. The number of nitrogens with one attached hydrogen (secondary N) is 2. The van der Waals surface area contributed by atoms with Gasteiger partial charge in [-0.3, -0.25) is 19.3 Å². The monoisotopic (exact) mass is 579 g/mol. The van der Waals surface area contributed by atoms with Crippen LogP contribution in [0.25, 0.3) is 0 Å². The van der Waals surface area contributed by atoms with Crippen LogP contribution in [0.2, 0.25) is 0 Å². The number of rotatable bonds is 12. The number of benzene rings is 1. The summed E-state index contributed by atoms with van der Waals surface area (Å²) in [5.41, 5.74) is 0.264. The first-order valence-electron chi connectivity index (χ1n) is 12.0. The van der Waals surface area contributed by atoms with Crippen LogP contribution in [0.15, 0.2) is 55.0 Å². The minimum atomic E-state index is -4.84. The topological polar surface area (TPSA) is 142 Å². The Morgan fingerprint density at radius 3 is 2.34 bits per heavy atom. The van der Waals surface area contributed by atoms with E-state index in [1.807, 2.05) is 0 Å². The van der Waals surface area contributed by atoms with Gasteiger partial charge in [0, 0.05) is 25.7 Å². The van der Waals surface area contributed by atoms with E-state index in [-0.39, 0.29) is 49.7 Å². The summed E-state index contributed by atoms with van der Waals surface area (Å²) in [7, 11) is 0. The maximum absolute atomic E-state index is 14.5. The van der Waals surface area contributed by atoms with E-state index in [1.165, 1.54) is 47.5 Å². The van der Waals surface area contributed by atoms with Crippen LogP contribution in [-0.2, 0) is 26.2 Å². The molecule has 0 fully saturated rings. The molecule has 216 valence electrons. The Morgan fingerprint density at radius 1 is 0.951 bits per heavy atom. The van der Waals surface area contributed by atoms with E-state index < -0.39 is 35.9 Å². The van der Waals surface area contributed by atoms with Crippen LogP contribution in [-0.4, -0.2) is 59.3 Å². The lowest BCUT2D eigenvalue weighted by atomic mass is 10.2. The van der Waals surface area contributed by atoms with E-state index in [0.717, 1.165) is 16.8 Å². The SMILES string of the molecule is O=C(NCc1cccc(OC(F)(F)F)c1)c1cn(CCC(F)Cn2cc(C(=O)NCc3ncccc3F)nn2)nn1. The van der Waals surface area contributed by atoms with Crippen molar-refractivity contribution in [3.05, 3.63) is 83.5 Å². The van der Waals surface area contributed by atoms with Gasteiger partial charge < -0.3 is 15.4 Å². The van der Waals surface area contributed by atoms with Crippen LogP contribution in [0.3, 0.4) is 0 Å². The van der Waals surface area contributed by atoms with Gasteiger partial charge in [0.05, 0.1) is 31.2 Å². The molecule has 3 aromatic heterocycles. The number of amides is 2. The molecule has 0 saturated heterocycles. The second-order valence-corrected chi connectivity index (χ2v) is 8.57. The van der Waals surface area contributed by atoms with Crippen molar-refractivity contribution >= 4 is 11.8 Å². The molecule has 3 heterocycles. The lowest BCUT2D eigenvalue weighted by molar-refractivity contribution is -0.274. The Balaban J connectivity index is 1.20. The molecular formula is C24H22F5N9O3. The Bertz CT molecular complexity index is 1490. The van der Waals surface area contributed by atoms with Crippen molar-refractivity contribution in [2.45, 2.75) is 45.1 Å². The van der Waals surface area contributed by atoms with Gasteiger partial charge in [0.15, 0.2) is 11.4 Å². The zero-order chi connectivity index (χ0) is 29.4. The van der Waals surface area contributed by atoms with Crippen molar-refractivity contribution in [3.8, 4) is 5.75 Å². The number of aromatic nitrogens is 7. The fourth-order valence-electron chi connectivity index (χ4n) is 3.50. The minimum absolute atomic E-state index is 0.0310. The Morgan fingerprint density at radius 2 is 1.63 bits per heavy atom. The quantitative estimate of drug-likeness (QED) is 0.244. The van der Waals surface area contributed by atoms with Gasteiger partial charge >= 0.3 is 6.36 Å². The van der Waals surface area contributed by atoms with Crippen LogP contribution in [0.4, 0.5) is 22.0 Å². The number of hydrogen-bond donors (Lipinski definition) is 2.